The standard InChI is InChI=1S/C64H44N5.Ir/c1-3-13-48(14-4-1)54-35-39-67-63-57-34-33-56(61(51-15-5-2-6-16-51)64(57)69-60(62(54)63)36-40-68-69)55-18-8-7-17-53(55)52-42-46(23-21-44-25-29-49(30-26-44)58-19-9-11-37-65-58)41-47(43-52)24-22-45-27-31-50(32-28-45)59-20-10-12-38-66-59;/h1-20,25-29,31,33,35-43H,21-24H2;/q-3;+3. The molecule has 0 unspecified atom stereocenters. The summed E-state index contributed by atoms with van der Waals surface area (Å²) in [6.07, 6.45) is 11.0. The maximum atomic E-state index is 5.08. The van der Waals surface area contributed by atoms with E-state index in [2.05, 4.69) is 190 Å². The van der Waals surface area contributed by atoms with Crippen LogP contribution in [0.25, 0.3) is 94.3 Å². The van der Waals surface area contributed by atoms with Gasteiger partial charge in [-0.15, -0.1) is 82.9 Å². The molecule has 0 bridgehead atoms. The Kier molecular flexibility index (Phi) is 12.6. The molecule has 0 spiro atoms. The van der Waals surface area contributed by atoms with Gasteiger partial charge in [0.2, 0.25) is 0 Å². The molecule has 334 valence electrons. The zero-order chi connectivity index (χ0) is 45.9. The van der Waals surface area contributed by atoms with Gasteiger partial charge in [-0.25, -0.2) is 0 Å². The van der Waals surface area contributed by atoms with Gasteiger partial charge in [0.1, 0.15) is 0 Å². The molecular formula is C64H44IrN5. The second kappa shape index (κ2) is 19.8. The number of nitrogens with zero attached hydrogens (tertiary/aromatic N) is 5. The molecule has 6 heteroatoms. The Morgan fingerprint density at radius 2 is 0.986 bits per heavy atom. The van der Waals surface area contributed by atoms with Crippen molar-refractivity contribution in [1.82, 2.24) is 24.6 Å². The van der Waals surface area contributed by atoms with Gasteiger partial charge in [0.15, 0.2) is 0 Å². The molecule has 0 saturated heterocycles. The first-order chi connectivity index (χ1) is 34.2. The summed E-state index contributed by atoms with van der Waals surface area (Å²) in [5.74, 6) is 0. The first kappa shape index (κ1) is 44.4. The van der Waals surface area contributed by atoms with E-state index in [9.17, 15) is 0 Å². The molecule has 0 amide bonds. The third-order valence-electron chi connectivity index (χ3n) is 13.2. The Morgan fingerprint density at radius 3 is 1.59 bits per heavy atom. The summed E-state index contributed by atoms with van der Waals surface area (Å²) in [4.78, 5) is 14.2. The number of rotatable bonds is 12. The summed E-state index contributed by atoms with van der Waals surface area (Å²) >= 11 is 0. The van der Waals surface area contributed by atoms with Crippen LogP contribution in [0.5, 0.6) is 0 Å². The van der Waals surface area contributed by atoms with Crippen molar-refractivity contribution in [2.45, 2.75) is 25.7 Å². The van der Waals surface area contributed by atoms with Crippen molar-refractivity contribution in [3.63, 3.8) is 0 Å². The maximum absolute atomic E-state index is 5.08. The Labute approximate surface area is 421 Å². The maximum Gasteiger partial charge on any atom is 3.00 e. The van der Waals surface area contributed by atoms with Crippen LogP contribution < -0.4 is 0 Å². The SMILES string of the molecule is [Ir+3].[c-]1cc(CCc2cc(CCc3c[c-]c(-c4ccccn4)cc3)cc(-c3ccccc3-c3c[c-]c4c5nccc(-c6ccccc6)c5c5ccnn5c4c3-c3ccccc3)c2)ccc1-c1ccccn1. The van der Waals surface area contributed by atoms with E-state index < -0.39 is 0 Å². The summed E-state index contributed by atoms with van der Waals surface area (Å²) in [6.45, 7) is 0. The summed E-state index contributed by atoms with van der Waals surface area (Å²) in [7, 11) is 0. The molecule has 0 atom stereocenters. The van der Waals surface area contributed by atoms with Crippen molar-refractivity contribution < 1.29 is 20.1 Å². The van der Waals surface area contributed by atoms with Gasteiger partial charge in [0, 0.05) is 24.8 Å². The Hall–Kier alpha value is -8.15. The number of aromatic nitrogens is 5. The predicted octanol–water partition coefficient (Wildman–Crippen LogP) is 14.8. The normalized spacial score (nSPS) is 11.3. The molecule has 0 aliphatic carbocycles. The number of hydrogen-bond donors (Lipinski definition) is 0. The molecule has 7 aromatic carbocycles. The number of pyridine rings is 4. The van der Waals surface area contributed by atoms with E-state index in [1.807, 2.05) is 61.2 Å². The Bertz CT molecular complexity index is 3640. The van der Waals surface area contributed by atoms with Crippen molar-refractivity contribution >= 4 is 27.3 Å². The van der Waals surface area contributed by atoms with E-state index in [1.165, 1.54) is 27.8 Å². The van der Waals surface area contributed by atoms with Gasteiger partial charge in [-0.05, 0) is 104 Å². The zero-order valence-electron chi connectivity index (χ0n) is 38.2. The first-order valence-corrected chi connectivity index (χ1v) is 23.5. The van der Waals surface area contributed by atoms with E-state index >= 15 is 0 Å². The van der Waals surface area contributed by atoms with Crippen LogP contribution in [0.4, 0.5) is 0 Å². The van der Waals surface area contributed by atoms with Gasteiger partial charge in [0.25, 0.3) is 0 Å². The summed E-state index contributed by atoms with van der Waals surface area (Å²) in [5, 5.41) is 7.04. The predicted molar refractivity (Wildman–Crippen MR) is 280 cm³/mol. The molecule has 5 nitrogen and oxygen atoms in total. The number of aryl methyl sites for hydroxylation is 4. The van der Waals surface area contributed by atoms with Crippen LogP contribution in [0.1, 0.15) is 22.3 Å². The molecule has 12 rings (SSSR count). The van der Waals surface area contributed by atoms with E-state index in [0.717, 1.165) is 114 Å². The van der Waals surface area contributed by atoms with Gasteiger partial charge in [-0.3, -0.25) is 4.52 Å². The molecule has 0 N–H and O–H groups in total. The van der Waals surface area contributed by atoms with Crippen molar-refractivity contribution in [3.05, 3.63) is 259 Å². The third-order valence-corrected chi connectivity index (χ3v) is 13.2. The molecule has 5 aromatic heterocycles. The van der Waals surface area contributed by atoms with Crippen molar-refractivity contribution in [2.24, 2.45) is 0 Å². The molecule has 5 heterocycles. The van der Waals surface area contributed by atoms with Crippen LogP contribution in [0.3, 0.4) is 0 Å². The largest absolute Gasteiger partial charge is 3.00 e. The fourth-order valence-corrected chi connectivity index (χ4v) is 9.82. The molecular weight excluding hydrogens is 1030 g/mol. The topological polar surface area (TPSA) is 56.0 Å². The van der Waals surface area contributed by atoms with E-state index in [0.29, 0.717) is 0 Å². The number of hydrogen-bond acceptors (Lipinski definition) is 4. The van der Waals surface area contributed by atoms with Gasteiger partial charge in [-0.2, -0.15) is 5.10 Å². The quantitative estimate of drug-likeness (QED) is 0.0904. The van der Waals surface area contributed by atoms with Crippen molar-refractivity contribution in [2.75, 3.05) is 0 Å². The summed E-state index contributed by atoms with van der Waals surface area (Å²) < 4.78 is 2.11. The minimum absolute atomic E-state index is 0. The number of benzene rings is 7. The van der Waals surface area contributed by atoms with Crippen LogP contribution in [0, 0.1) is 18.2 Å². The molecule has 0 aliphatic heterocycles. The smallest absolute Gasteiger partial charge is 0.305 e. The van der Waals surface area contributed by atoms with Crippen LogP contribution in [0.2, 0.25) is 0 Å². The van der Waals surface area contributed by atoms with Crippen LogP contribution >= 0.6 is 0 Å². The van der Waals surface area contributed by atoms with Gasteiger partial charge < -0.3 is 15.0 Å². The van der Waals surface area contributed by atoms with E-state index in [4.69, 9.17) is 10.1 Å². The van der Waals surface area contributed by atoms with Crippen LogP contribution in [-0.2, 0) is 45.8 Å². The fourth-order valence-electron chi connectivity index (χ4n) is 9.82. The molecule has 70 heavy (non-hydrogen) atoms. The summed E-state index contributed by atoms with van der Waals surface area (Å²) in [5.41, 5.74) is 20.8. The van der Waals surface area contributed by atoms with Crippen LogP contribution in [0.15, 0.2) is 219 Å². The van der Waals surface area contributed by atoms with Crippen molar-refractivity contribution in [1.29, 1.82) is 0 Å². The minimum Gasteiger partial charge on any atom is -0.305 e. The van der Waals surface area contributed by atoms with E-state index in [1.54, 1.807) is 0 Å². The second-order valence-electron chi connectivity index (χ2n) is 17.5. The summed E-state index contributed by atoms with van der Waals surface area (Å²) in [6, 6.07) is 79.4. The average Bonchev–Trinajstić information content (AvgIpc) is 3.93. The van der Waals surface area contributed by atoms with Crippen LogP contribution in [-0.4, -0.2) is 24.6 Å². The van der Waals surface area contributed by atoms with Gasteiger partial charge in [0.05, 0.1) is 5.52 Å². The van der Waals surface area contributed by atoms with Gasteiger partial charge >= 0.3 is 20.1 Å². The van der Waals surface area contributed by atoms with Gasteiger partial charge in [-0.1, -0.05) is 162 Å². The molecule has 12 aromatic rings. The Balaban J connectivity index is 0.00000533. The second-order valence-corrected chi connectivity index (χ2v) is 17.5. The monoisotopic (exact) mass is 1080 g/mol. The molecule has 0 saturated carbocycles. The number of fused-ring (bicyclic) bond motifs is 6. The molecule has 0 aliphatic rings. The van der Waals surface area contributed by atoms with E-state index in [-0.39, 0.29) is 20.1 Å². The Morgan fingerprint density at radius 1 is 0.400 bits per heavy atom. The molecule has 0 fully saturated rings. The first-order valence-electron chi connectivity index (χ1n) is 23.5. The minimum atomic E-state index is 0. The zero-order valence-corrected chi connectivity index (χ0v) is 40.6. The third kappa shape index (κ3) is 8.76. The fraction of sp³-hybridized carbons (Fsp3) is 0.0625. The van der Waals surface area contributed by atoms with Crippen molar-refractivity contribution in [3.8, 4) is 67.0 Å². The molecule has 0 radical (unpaired) electrons. The average molecular weight is 1080 g/mol.